The number of rotatable bonds is 5. The van der Waals surface area contributed by atoms with Crippen LogP contribution >= 0.6 is 11.6 Å². The van der Waals surface area contributed by atoms with Crippen molar-refractivity contribution in [3.63, 3.8) is 0 Å². The third kappa shape index (κ3) is 4.37. The van der Waals surface area contributed by atoms with Crippen molar-refractivity contribution < 1.29 is 9.53 Å². The van der Waals surface area contributed by atoms with Gasteiger partial charge in [0, 0.05) is 17.3 Å². The Morgan fingerprint density at radius 1 is 1.25 bits per heavy atom. The van der Waals surface area contributed by atoms with Crippen LogP contribution in [0.5, 0.6) is 5.75 Å². The summed E-state index contributed by atoms with van der Waals surface area (Å²) in [5, 5.41) is 16.3. The Bertz CT molecular complexity index is 1130. The Hall–Kier alpha value is -3.63. The highest BCUT2D eigenvalue weighted by molar-refractivity contribution is 6.32. The van der Waals surface area contributed by atoms with E-state index in [4.69, 9.17) is 21.6 Å². The molecule has 3 rings (SSSR count). The van der Waals surface area contributed by atoms with Gasteiger partial charge in [-0.25, -0.2) is 4.68 Å². The van der Waals surface area contributed by atoms with Crippen LogP contribution in [0.3, 0.4) is 0 Å². The maximum Gasteiger partial charge on any atom is 0.267 e. The van der Waals surface area contributed by atoms with E-state index in [0.717, 1.165) is 4.68 Å². The van der Waals surface area contributed by atoms with Gasteiger partial charge in [0.25, 0.3) is 5.56 Å². The molecule has 0 saturated carbocycles. The fourth-order valence-corrected chi connectivity index (χ4v) is 2.73. The van der Waals surface area contributed by atoms with Crippen molar-refractivity contribution in [3.8, 4) is 23.1 Å². The van der Waals surface area contributed by atoms with Crippen molar-refractivity contribution >= 4 is 23.2 Å². The average Bonchev–Trinajstić information content (AvgIpc) is 2.70. The zero-order valence-corrected chi connectivity index (χ0v) is 15.6. The van der Waals surface area contributed by atoms with Gasteiger partial charge in [0.1, 0.15) is 12.3 Å². The molecule has 1 aromatic heterocycles. The molecule has 0 fully saturated rings. The zero-order valence-electron chi connectivity index (χ0n) is 14.8. The Morgan fingerprint density at radius 3 is 2.82 bits per heavy atom. The van der Waals surface area contributed by atoms with Crippen LogP contribution < -0.4 is 15.6 Å². The molecule has 0 aliphatic rings. The van der Waals surface area contributed by atoms with Gasteiger partial charge in [-0.05, 0) is 36.4 Å². The van der Waals surface area contributed by atoms with E-state index in [1.165, 1.54) is 13.2 Å². The lowest BCUT2D eigenvalue weighted by molar-refractivity contribution is -0.117. The van der Waals surface area contributed by atoms with Crippen LogP contribution in [0.15, 0.2) is 59.4 Å². The van der Waals surface area contributed by atoms with Crippen molar-refractivity contribution in [2.75, 3.05) is 12.4 Å². The second-order valence-electron chi connectivity index (χ2n) is 5.80. The number of ether oxygens (including phenoxy) is 1. The second kappa shape index (κ2) is 8.37. The Balaban J connectivity index is 1.83. The third-order valence-corrected chi connectivity index (χ3v) is 4.19. The molecule has 1 amide bonds. The van der Waals surface area contributed by atoms with E-state index in [9.17, 15) is 9.59 Å². The van der Waals surface area contributed by atoms with Gasteiger partial charge in [-0.1, -0.05) is 23.7 Å². The molecule has 2 aromatic carbocycles. The van der Waals surface area contributed by atoms with E-state index in [-0.39, 0.29) is 6.54 Å². The summed E-state index contributed by atoms with van der Waals surface area (Å²) in [7, 11) is 1.50. The van der Waals surface area contributed by atoms with Crippen molar-refractivity contribution in [2.45, 2.75) is 6.54 Å². The van der Waals surface area contributed by atoms with Crippen LogP contribution in [-0.2, 0) is 11.3 Å². The van der Waals surface area contributed by atoms with Crippen LogP contribution in [0, 0.1) is 11.3 Å². The number of amides is 1. The van der Waals surface area contributed by atoms with Crippen LogP contribution in [0.2, 0.25) is 5.02 Å². The molecule has 0 radical (unpaired) electrons. The van der Waals surface area contributed by atoms with Crippen LogP contribution in [0.1, 0.15) is 5.56 Å². The maximum absolute atomic E-state index is 12.3. The predicted molar refractivity (Wildman–Crippen MR) is 105 cm³/mol. The lowest BCUT2D eigenvalue weighted by Crippen LogP contribution is -2.29. The molecule has 0 unspecified atom stereocenters. The first-order valence-corrected chi connectivity index (χ1v) is 8.60. The monoisotopic (exact) mass is 394 g/mol. The van der Waals surface area contributed by atoms with Gasteiger partial charge >= 0.3 is 0 Å². The van der Waals surface area contributed by atoms with E-state index in [1.807, 2.05) is 6.07 Å². The molecule has 0 aliphatic carbocycles. The summed E-state index contributed by atoms with van der Waals surface area (Å²) in [5.74, 6) is 0.0457. The van der Waals surface area contributed by atoms with Crippen LogP contribution in [0.25, 0.3) is 11.3 Å². The SMILES string of the molecule is COc1cc(-c2ccc(=O)n(CC(=O)Nc3cccc(C#N)c3)n2)ccc1Cl. The summed E-state index contributed by atoms with van der Waals surface area (Å²) < 4.78 is 6.26. The third-order valence-electron chi connectivity index (χ3n) is 3.88. The molecule has 1 heterocycles. The van der Waals surface area contributed by atoms with Gasteiger partial charge in [0.2, 0.25) is 5.91 Å². The molecule has 0 atom stereocenters. The quantitative estimate of drug-likeness (QED) is 0.717. The van der Waals surface area contributed by atoms with Gasteiger partial charge in [0.15, 0.2) is 0 Å². The minimum absolute atomic E-state index is 0.270. The van der Waals surface area contributed by atoms with E-state index in [0.29, 0.717) is 33.3 Å². The number of aromatic nitrogens is 2. The summed E-state index contributed by atoms with van der Waals surface area (Å²) in [4.78, 5) is 24.4. The number of methoxy groups -OCH3 is 1. The summed E-state index contributed by atoms with van der Waals surface area (Å²) >= 11 is 6.03. The van der Waals surface area contributed by atoms with E-state index < -0.39 is 11.5 Å². The van der Waals surface area contributed by atoms with Gasteiger partial charge < -0.3 is 10.1 Å². The first kappa shape index (κ1) is 19.1. The molecule has 140 valence electrons. The molecule has 8 heteroatoms. The number of carbonyl (C=O) groups is 1. The number of benzene rings is 2. The number of anilines is 1. The second-order valence-corrected chi connectivity index (χ2v) is 6.21. The number of carbonyl (C=O) groups excluding carboxylic acids is 1. The molecule has 1 N–H and O–H groups in total. The minimum Gasteiger partial charge on any atom is -0.495 e. The molecule has 3 aromatic rings. The van der Waals surface area contributed by atoms with Crippen molar-refractivity contribution in [3.05, 3.63) is 75.5 Å². The standard InChI is InChI=1S/C20H15ClN4O3/c1-28-18-10-14(5-6-16(18)21)17-7-8-20(27)25(24-17)12-19(26)23-15-4-2-3-13(9-15)11-22/h2-10H,12H2,1H3,(H,23,26). The highest BCUT2D eigenvalue weighted by atomic mass is 35.5. The van der Waals surface area contributed by atoms with Crippen molar-refractivity contribution in [1.82, 2.24) is 9.78 Å². The molecule has 28 heavy (non-hydrogen) atoms. The largest absolute Gasteiger partial charge is 0.495 e. The fraction of sp³-hybridized carbons (Fsp3) is 0.100. The van der Waals surface area contributed by atoms with E-state index in [2.05, 4.69) is 10.4 Å². The zero-order chi connectivity index (χ0) is 20.1. The minimum atomic E-state index is -0.435. The number of hydrogen-bond donors (Lipinski definition) is 1. The average molecular weight is 395 g/mol. The summed E-state index contributed by atoms with van der Waals surface area (Å²) in [6.45, 7) is -0.270. The van der Waals surface area contributed by atoms with Gasteiger partial charge in [0.05, 0.1) is 29.5 Å². The molecule has 0 saturated heterocycles. The lowest BCUT2D eigenvalue weighted by Gasteiger charge is -2.10. The predicted octanol–water partition coefficient (Wildman–Crippen LogP) is 3.08. The Morgan fingerprint density at radius 2 is 2.07 bits per heavy atom. The van der Waals surface area contributed by atoms with Crippen molar-refractivity contribution in [1.29, 1.82) is 5.26 Å². The van der Waals surface area contributed by atoms with Gasteiger partial charge in [-0.2, -0.15) is 10.4 Å². The topological polar surface area (TPSA) is 97.0 Å². The molecule has 0 spiro atoms. The smallest absolute Gasteiger partial charge is 0.267 e. The molecular formula is C20H15ClN4O3. The highest BCUT2D eigenvalue weighted by Gasteiger charge is 2.10. The molecule has 7 nitrogen and oxygen atoms in total. The Labute approximate surface area is 165 Å². The van der Waals surface area contributed by atoms with Gasteiger partial charge in [-0.15, -0.1) is 0 Å². The van der Waals surface area contributed by atoms with E-state index in [1.54, 1.807) is 48.5 Å². The van der Waals surface area contributed by atoms with Crippen LogP contribution in [0.4, 0.5) is 5.69 Å². The summed E-state index contributed by atoms with van der Waals surface area (Å²) in [5.41, 5.74) is 1.67. The lowest BCUT2D eigenvalue weighted by atomic mass is 10.1. The number of nitriles is 1. The number of hydrogen-bond acceptors (Lipinski definition) is 5. The van der Waals surface area contributed by atoms with E-state index >= 15 is 0 Å². The number of nitrogens with zero attached hydrogens (tertiary/aromatic N) is 3. The van der Waals surface area contributed by atoms with Crippen molar-refractivity contribution in [2.24, 2.45) is 0 Å². The first-order valence-electron chi connectivity index (χ1n) is 8.22. The van der Waals surface area contributed by atoms with Gasteiger partial charge in [-0.3, -0.25) is 9.59 Å². The highest BCUT2D eigenvalue weighted by Crippen LogP contribution is 2.29. The van der Waals surface area contributed by atoms with Crippen LogP contribution in [-0.4, -0.2) is 22.8 Å². The maximum atomic E-state index is 12.3. The first-order chi connectivity index (χ1) is 13.5. The Kier molecular flexibility index (Phi) is 5.72. The molecular weight excluding hydrogens is 380 g/mol. The molecule has 0 bridgehead atoms. The number of nitrogens with one attached hydrogen (secondary N) is 1. The molecule has 0 aliphatic heterocycles. The number of halogens is 1. The normalized spacial score (nSPS) is 10.2. The summed E-state index contributed by atoms with van der Waals surface area (Å²) in [6.07, 6.45) is 0. The summed E-state index contributed by atoms with van der Waals surface area (Å²) in [6, 6.07) is 16.5. The fourth-order valence-electron chi connectivity index (χ4n) is 2.54.